The third-order valence-corrected chi connectivity index (χ3v) is 6.76. The molecule has 9 nitrogen and oxygen atoms in total. The number of benzene rings is 1. The fourth-order valence-corrected chi connectivity index (χ4v) is 4.73. The summed E-state index contributed by atoms with van der Waals surface area (Å²) in [5, 5.41) is 11.9. The molecule has 1 aliphatic carbocycles. The largest absolute Gasteiger partial charge is 0.496 e. The number of carboxylic acid groups (broad SMARTS) is 1. The summed E-state index contributed by atoms with van der Waals surface area (Å²) >= 11 is 0. The van der Waals surface area contributed by atoms with Crippen molar-refractivity contribution in [2.45, 2.75) is 90.7 Å². The van der Waals surface area contributed by atoms with Gasteiger partial charge >= 0.3 is 17.9 Å². The molecule has 1 aromatic carbocycles. The lowest BCUT2D eigenvalue weighted by Crippen LogP contribution is -2.36. The molecule has 1 aliphatic heterocycles. The van der Waals surface area contributed by atoms with Crippen LogP contribution in [0.5, 0.6) is 11.5 Å². The number of esters is 2. The van der Waals surface area contributed by atoms with E-state index >= 15 is 0 Å². The summed E-state index contributed by atoms with van der Waals surface area (Å²) in [6.45, 7) is 3.68. The number of carboxylic acids is 1. The van der Waals surface area contributed by atoms with Crippen LogP contribution in [0.15, 0.2) is 11.6 Å². The number of cyclic esters (lactones) is 1. The Bertz CT molecular complexity index is 1050. The monoisotopic (exact) mass is 501 g/mol. The third kappa shape index (κ3) is 6.86. The number of carbonyl (C=O) groups is 4. The SMILES string of the molecule is COc1c(C)c2c(c(OC(=O)CCC(=O)NC3CCCCC3)c1C/C=C(\C)CCC(=O)O)C(=O)OC2. The minimum Gasteiger partial charge on any atom is -0.496 e. The van der Waals surface area contributed by atoms with Gasteiger partial charge in [-0.3, -0.25) is 14.4 Å². The number of nitrogens with one attached hydrogen (secondary N) is 1. The first kappa shape index (κ1) is 27.2. The Kier molecular flexibility index (Phi) is 9.50. The van der Waals surface area contributed by atoms with Gasteiger partial charge in [-0.15, -0.1) is 0 Å². The van der Waals surface area contributed by atoms with E-state index in [9.17, 15) is 19.2 Å². The van der Waals surface area contributed by atoms with Crippen LogP contribution in [0.2, 0.25) is 0 Å². The van der Waals surface area contributed by atoms with Gasteiger partial charge < -0.3 is 24.6 Å². The number of rotatable bonds is 11. The summed E-state index contributed by atoms with van der Waals surface area (Å²) in [4.78, 5) is 48.6. The normalized spacial score (nSPS) is 15.8. The molecule has 0 unspecified atom stereocenters. The number of fused-ring (bicyclic) bond motifs is 1. The summed E-state index contributed by atoms with van der Waals surface area (Å²) < 4.78 is 16.6. The van der Waals surface area contributed by atoms with Gasteiger partial charge in [-0.1, -0.05) is 30.9 Å². The van der Waals surface area contributed by atoms with Crippen molar-refractivity contribution in [2.75, 3.05) is 7.11 Å². The summed E-state index contributed by atoms with van der Waals surface area (Å²) in [5.74, 6) is -1.74. The molecule has 0 radical (unpaired) electrons. The second kappa shape index (κ2) is 12.6. The molecule has 3 rings (SSSR count). The highest BCUT2D eigenvalue weighted by Gasteiger charge is 2.34. The van der Waals surface area contributed by atoms with Gasteiger partial charge in [0.15, 0.2) is 5.75 Å². The van der Waals surface area contributed by atoms with Gasteiger partial charge in [0.25, 0.3) is 0 Å². The Hall–Kier alpha value is -3.36. The van der Waals surface area contributed by atoms with Crippen LogP contribution in [0.25, 0.3) is 0 Å². The van der Waals surface area contributed by atoms with Crippen LogP contribution < -0.4 is 14.8 Å². The van der Waals surface area contributed by atoms with Gasteiger partial charge in [-0.05, 0) is 45.1 Å². The number of hydrogen-bond donors (Lipinski definition) is 2. The summed E-state index contributed by atoms with van der Waals surface area (Å²) in [5.41, 5.74) is 2.86. The molecule has 0 spiro atoms. The Balaban J connectivity index is 1.80. The molecule has 36 heavy (non-hydrogen) atoms. The number of methoxy groups -OCH3 is 1. The molecule has 9 heteroatoms. The van der Waals surface area contributed by atoms with Gasteiger partial charge in [0, 0.05) is 30.0 Å². The Morgan fingerprint density at radius 1 is 1.08 bits per heavy atom. The molecule has 1 amide bonds. The minimum atomic E-state index is -0.890. The van der Waals surface area contributed by atoms with Crippen LogP contribution >= 0.6 is 0 Å². The molecule has 2 N–H and O–H groups in total. The fraction of sp³-hybridized carbons (Fsp3) is 0.556. The highest BCUT2D eigenvalue weighted by Crippen LogP contribution is 2.43. The van der Waals surface area contributed by atoms with Crippen molar-refractivity contribution < 1.29 is 38.5 Å². The second-order valence-corrected chi connectivity index (χ2v) is 9.42. The third-order valence-electron chi connectivity index (χ3n) is 6.76. The first-order chi connectivity index (χ1) is 17.2. The number of amides is 1. The molecule has 0 atom stereocenters. The maximum atomic E-state index is 12.8. The Morgan fingerprint density at radius 2 is 1.81 bits per heavy atom. The summed E-state index contributed by atoms with van der Waals surface area (Å²) in [7, 11) is 1.50. The second-order valence-electron chi connectivity index (χ2n) is 9.42. The lowest BCUT2D eigenvalue weighted by molar-refractivity contribution is -0.137. The van der Waals surface area contributed by atoms with Crippen molar-refractivity contribution >= 4 is 23.8 Å². The molecule has 0 bridgehead atoms. The molecular weight excluding hydrogens is 466 g/mol. The van der Waals surface area contributed by atoms with Crippen LogP contribution in [-0.4, -0.2) is 42.1 Å². The molecule has 1 aromatic rings. The topological polar surface area (TPSA) is 128 Å². The zero-order valence-electron chi connectivity index (χ0n) is 21.2. The smallest absolute Gasteiger partial charge is 0.342 e. The van der Waals surface area contributed by atoms with E-state index in [1.807, 2.05) is 19.9 Å². The average Bonchev–Trinajstić information content (AvgIpc) is 3.24. The van der Waals surface area contributed by atoms with Gasteiger partial charge in [0.2, 0.25) is 5.91 Å². The van der Waals surface area contributed by atoms with E-state index < -0.39 is 17.9 Å². The average molecular weight is 502 g/mol. The van der Waals surface area contributed by atoms with Gasteiger partial charge in [-0.25, -0.2) is 4.79 Å². The predicted octanol–water partition coefficient (Wildman–Crippen LogP) is 4.16. The quantitative estimate of drug-likeness (QED) is 0.263. The minimum absolute atomic E-state index is 0.000224. The maximum Gasteiger partial charge on any atom is 0.342 e. The van der Waals surface area contributed by atoms with Crippen molar-refractivity contribution in [2.24, 2.45) is 0 Å². The predicted molar refractivity (Wildman–Crippen MR) is 131 cm³/mol. The zero-order chi connectivity index (χ0) is 26.2. The van der Waals surface area contributed by atoms with E-state index in [1.165, 1.54) is 13.5 Å². The summed E-state index contributed by atoms with van der Waals surface area (Å²) in [6.07, 6.45) is 7.61. The molecular formula is C27H35NO8. The number of aliphatic carboxylic acids is 1. The molecule has 2 aliphatic rings. The Morgan fingerprint density at radius 3 is 2.47 bits per heavy atom. The van der Waals surface area contributed by atoms with Gasteiger partial charge in [0.05, 0.1) is 13.5 Å². The van der Waals surface area contributed by atoms with E-state index in [-0.39, 0.29) is 55.6 Å². The van der Waals surface area contributed by atoms with E-state index in [2.05, 4.69) is 5.32 Å². The number of allylic oxidation sites excluding steroid dienone is 2. The van der Waals surface area contributed by atoms with Crippen LogP contribution in [-0.2, 0) is 32.1 Å². The van der Waals surface area contributed by atoms with Crippen molar-refractivity contribution in [3.8, 4) is 11.5 Å². The van der Waals surface area contributed by atoms with Crippen LogP contribution in [0.3, 0.4) is 0 Å². The van der Waals surface area contributed by atoms with E-state index in [1.54, 1.807) is 0 Å². The first-order valence-corrected chi connectivity index (χ1v) is 12.5. The van der Waals surface area contributed by atoms with Crippen molar-refractivity contribution in [1.29, 1.82) is 0 Å². The lowest BCUT2D eigenvalue weighted by Gasteiger charge is -2.22. The summed E-state index contributed by atoms with van der Waals surface area (Å²) in [6, 6.07) is 0.157. The number of ether oxygens (including phenoxy) is 3. The highest BCUT2D eigenvalue weighted by molar-refractivity contribution is 5.99. The van der Waals surface area contributed by atoms with E-state index in [0.29, 0.717) is 23.3 Å². The van der Waals surface area contributed by atoms with E-state index in [0.717, 1.165) is 36.8 Å². The highest BCUT2D eigenvalue weighted by atomic mass is 16.6. The standard InChI is InChI=1S/C27H35NO8/c1-16(10-13-22(30)31)9-11-19-25(34-3)17(2)20-15-35-27(33)24(20)26(19)36-23(32)14-12-21(29)28-18-7-5-4-6-8-18/h9,18H,4-8,10-15H2,1-3H3,(H,28,29)(H,30,31)/b16-9+. The van der Waals surface area contributed by atoms with Gasteiger partial charge in [-0.2, -0.15) is 0 Å². The van der Waals surface area contributed by atoms with Gasteiger partial charge in [0.1, 0.15) is 17.9 Å². The van der Waals surface area contributed by atoms with Crippen molar-refractivity contribution in [1.82, 2.24) is 5.32 Å². The van der Waals surface area contributed by atoms with Crippen LogP contribution in [0, 0.1) is 6.92 Å². The molecule has 1 saturated carbocycles. The van der Waals surface area contributed by atoms with Crippen LogP contribution in [0.4, 0.5) is 0 Å². The molecule has 0 saturated heterocycles. The maximum absolute atomic E-state index is 12.8. The van der Waals surface area contributed by atoms with Crippen molar-refractivity contribution in [3.63, 3.8) is 0 Å². The molecule has 196 valence electrons. The fourth-order valence-electron chi connectivity index (χ4n) is 4.73. The molecule has 0 aromatic heterocycles. The zero-order valence-corrected chi connectivity index (χ0v) is 21.2. The first-order valence-electron chi connectivity index (χ1n) is 12.5. The number of carbonyl (C=O) groups excluding carboxylic acids is 3. The molecule has 1 fully saturated rings. The van der Waals surface area contributed by atoms with Crippen LogP contribution in [0.1, 0.15) is 91.8 Å². The Labute approximate surface area is 211 Å². The lowest BCUT2D eigenvalue weighted by atomic mass is 9.94. The molecule has 1 heterocycles. The van der Waals surface area contributed by atoms with E-state index in [4.69, 9.17) is 19.3 Å². The number of hydrogen-bond acceptors (Lipinski definition) is 7. The van der Waals surface area contributed by atoms with Crippen molar-refractivity contribution in [3.05, 3.63) is 33.9 Å².